The van der Waals surface area contributed by atoms with E-state index >= 15 is 0 Å². The Bertz CT molecular complexity index is 475. The average Bonchev–Trinajstić information content (AvgIpc) is 2.57. The molecule has 1 aliphatic heterocycles. The van der Waals surface area contributed by atoms with E-state index in [1.807, 2.05) is 30.3 Å². The van der Waals surface area contributed by atoms with Gasteiger partial charge in [-0.15, -0.1) is 0 Å². The van der Waals surface area contributed by atoms with Gasteiger partial charge in [-0.2, -0.15) is 0 Å². The number of hydrogen-bond donors (Lipinski definition) is 1. The smallest absolute Gasteiger partial charge is 0.242 e. The van der Waals surface area contributed by atoms with Crippen molar-refractivity contribution in [2.24, 2.45) is 0 Å². The van der Waals surface area contributed by atoms with Crippen LogP contribution in [0.15, 0.2) is 30.3 Å². The predicted molar refractivity (Wildman–Crippen MR) is 75.0 cm³/mol. The van der Waals surface area contributed by atoms with Crippen LogP contribution in [0.5, 0.6) is 0 Å². The summed E-state index contributed by atoms with van der Waals surface area (Å²) in [6.45, 7) is 2.55. The first-order valence-electron chi connectivity index (χ1n) is 6.81. The van der Waals surface area contributed by atoms with Crippen LogP contribution < -0.4 is 0 Å². The number of carbonyl (C=O) groups excluding carboxylic acids is 2. The van der Waals surface area contributed by atoms with Crippen LogP contribution in [-0.4, -0.2) is 59.0 Å². The lowest BCUT2D eigenvalue weighted by Gasteiger charge is -2.21. The van der Waals surface area contributed by atoms with Crippen molar-refractivity contribution in [1.82, 2.24) is 9.80 Å². The molecule has 1 unspecified atom stereocenters. The van der Waals surface area contributed by atoms with E-state index in [-0.39, 0.29) is 31.4 Å². The molecule has 1 aliphatic rings. The number of hydrogen-bond acceptors (Lipinski definition) is 3. The van der Waals surface area contributed by atoms with Crippen molar-refractivity contribution in [2.45, 2.75) is 19.4 Å². The molecule has 1 aromatic carbocycles. The van der Waals surface area contributed by atoms with Gasteiger partial charge in [-0.3, -0.25) is 9.59 Å². The number of β-amino-alcohol motifs (C(OH)–C–C–N with tert-alkyl or cyclic N) is 1. The van der Waals surface area contributed by atoms with Crippen molar-refractivity contribution < 1.29 is 14.7 Å². The Morgan fingerprint density at radius 3 is 2.65 bits per heavy atom. The second-order valence-corrected chi connectivity index (χ2v) is 5.13. The summed E-state index contributed by atoms with van der Waals surface area (Å²) in [4.78, 5) is 26.5. The zero-order valence-electron chi connectivity index (χ0n) is 11.7. The highest BCUT2D eigenvalue weighted by molar-refractivity contribution is 5.84. The molecule has 5 heteroatoms. The molecule has 0 saturated carbocycles. The van der Waals surface area contributed by atoms with Gasteiger partial charge in [0.15, 0.2) is 0 Å². The third-order valence-electron chi connectivity index (χ3n) is 3.50. The van der Waals surface area contributed by atoms with Crippen molar-refractivity contribution in [2.75, 3.05) is 26.2 Å². The van der Waals surface area contributed by atoms with Crippen LogP contribution >= 0.6 is 0 Å². The first-order chi connectivity index (χ1) is 9.56. The van der Waals surface area contributed by atoms with E-state index in [0.717, 1.165) is 12.0 Å². The molecule has 0 aromatic heterocycles. The minimum atomic E-state index is -0.680. The highest BCUT2D eigenvalue weighted by Gasteiger charge is 2.27. The molecule has 1 saturated heterocycles. The standard InChI is InChI=1S/C15H20N2O3/c1-12(18)17-10-14(19)9-16(15(20)11-17)8-7-13-5-3-2-4-6-13/h2-6,14,19H,7-11H2,1H3. The molecule has 108 valence electrons. The number of nitrogens with zero attached hydrogens (tertiary/aromatic N) is 2. The fourth-order valence-corrected chi connectivity index (χ4v) is 2.36. The van der Waals surface area contributed by atoms with Gasteiger partial charge in [0.25, 0.3) is 0 Å². The summed E-state index contributed by atoms with van der Waals surface area (Å²) >= 11 is 0. The molecule has 2 amide bonds. The number of aliphatic hydroxyl groups is 1. The second kappa shape index (κ2) is 6.52. The molecule has 1 aromatic rings. The predicted octanol–water partition coefficient (Wildman–Crippen LogP) is 0.281. The minimum Gasteiger partial charge on any atom is -0.389 e. The quantitative estimate of drug-likeness (QED) is 0.862. The van der Waals surface area contributed by atoms with Crippen molar-refractivity contribution >= 4 is 11.8 Å². The molecular formula is C15H20N2O3. The molecule has 0 bridgehead atoms. The molecule has 5 nitrogen and oxygen atoms in total. The molecule has 1 fully saturated rings. The van der Waals surface area contributed by atoms with Gasteiger partial charge in [-0.25, -0.2) is 0 Å². The largest absolute Gasteiger partial charge is 0.389 e. The number of benzene rings is 1. The molecule has 0 radical (unpaired) electrons. The first kappa shape index (κ1) is 14.5. The van der Waals surface area contributed by atoms with Crippen LogP contribution in [0.1, 0.15) is 12.5 Å². The normalized spacial score (nSPS) is 19.9. The van der Waals surface area contributed by atoms with E-state index in [4.69, 9.17) is 0 Å². The second-order valence-electron chi connectivity index (χ2n) is 5.13. The number of aliphatic hydroxyl groups excluding tert-OH is 1. The summed E-state index contributed by atoms with van der Waals surface area (Å²) < 4.78 is 0. The molecule has 20 heavy (non-hydrogen) atoms. The van der Waals surface area contributed by atoms with Crippen LogP contribution in [0.3, 0.4) is 0 Å². The Balaban J connectivity index is 1.97. The maximum absolute atomic E-state index is 12.1. The Morgan fingerprint density at radius 1 is 1.30 bits per heavy atom. The van der Waals surface area contributed by atoms with Crippen molar-refractivity contribution in [1.29, 1.82) is 0 Å². The monoisotopic (exact) mass is 276 g/mol. The fraction of sp³-hybridized carbons (Fsp3) is 0.467. The summed E-state index contributed by atoms with van der Waals surface area (Å²) in [5.74, 6) is -0.282. The number of carbonyl (C=O) groups is 2. The fourth-order valence-electron chi connectivity index (χ4n) is 2.36. The Hall–Kier alpha value is -1.88. The summed E-state index contributed by atoms with van der Waals surface area (Å²) in [6, 6.07) is 9.91. The van der Waals surface area contributed by atoms with E-state index < -0.39 is 6.10 Å². The maximum Gasteiger partial charge on any atom is 0.242 e. The van der Waals surface area contributed by atoms with E-state index in [2.05, 4.69) is 0 Å². The van der Waals surface area contributed by atoms with Crippen LogP contribution in [0, 0.1) is 0 Å². The van der Waals surface area contributed by atoms with Gasteiger partial charge in [0.2, 0.25) is 11.8 Å². The third-order valence-corrected chi connectivity index (χ3v) is 3.50. The highest BCUT2D eigenvalue weighted by Crippen LogP contribution is 2.08. The van der Waals surface area contributed by atoms with Crippen molar-refractivity contribution in [3.63, 3.8) is 0 Å². The molecule has 0 aliphatic carbocycles. The van der Waals surface area contributed by atoms with E-state index in [1.165, 1.54) is 11.8 Å². The van der Waals surface area contributed by atoms with Crippen LogP contribution in [-0.2, 0) is 16.0 Å². The van der Waals surface area contributed by atoms with Gasteiger partial charge < -0.3 is 14.9 Å². The number of amides is 2. The Labute approximate surface area is 118 Å². The number of rotatable bonds is 3. The van der Waals surface area contributed by atoms with E-state index in [1.54, 1.807) is 4.90 Å². The lowest BCUT2D eigenvalue weighted by Crippen LogP contribution is -2.39. The van der Waals surface area contributed by atoms with E-state index in [0.29, 0.717) is 6.54 Å². The van der Waals surface area contributed by atoms with Gasteiger partial charge in [0.1, 0.15) is 0 Å². The van der Waals surface area contributed by atoms with Crippen molar-refractivity contribution in [3.8, 4) is 0 Å². The maximum atomic E-state index is 12.1. The van der Waals surface area contributed by atoms with Gasteiger partial charge >= 0.3 is 0 Å². The Kier molecular flexibility index (Phi) is 4.74. The summed E-state index contributed by atoms with van der Waals surface area (Å²) in [7, 11) is 0. The van der Waals surface area contributed by atoms with Gasteiger partial charge in [0.05, 0.1) is 12.6 Å². The topological polar surface area (TPSA) is 60.9 Å². The van der Waals surface area contributed by atoms with Crippen molar-refractivity contribution in [3.05, 3.63) is 35.9 Å². The molecule has 1 heterocycles. The highest BCUT2D eigenvalue weighted by atomic mass is 16.3. The van der Waals surface area contributed by atoms with Gasteiger partial charge in [-0.1, -0.05) is 30.3 Å². The summed E-state index contributed by atoms with van der Waals surface area (Å²) in [5.41, 5.74) is 1.16. The van der Waals surface area contributed by atoms with Gasteiger partial charge in [-0.05, 0) is 12.0 Å². The lowest BCUT2D eigenvalue weighted by atomic mass is 10.1. The van der Waals surface area contributed by atoms with Crippen LogP contribution in [0.4, 0.5) is 0 Å². The Morgan fingerprint density at radius 2 is 2.00 bits per heavy atom. The molecule has 0 spiro atoms. The minimum absolute atomic E-state index is 0.0567. The summed E-state index contributed by atoms with van der Waals surface area (Å²) in [6.07, 6.45) is 0.0699. The van der Waals surface area contributed by atoms with Crippen LogP contribution in [0.2, 0.25) is 0 Å². The summed E-state index contributed by atoms with van der Waals surface area (Å²) in [5, 5.41) is 9.91. The van der Waals surface area contributed by atoms with Gasteiger partial charge in [0, 0.05) is 26.6 Å². The first-order valence-corrected chi connectivity index (χ1v) is 6.81. The molecule has 1 atom stereocenters. The molecule has 1 N–H and O–H groups in total. The lowest BCUT2D eigenvalue weighted by molar-refractivity contribution is -0.137. The zero-order chi connectivity index (χ0) is 14.5. The zero-order valence-corrected chi connectivity index (χ0v) is 11.7. The third kappa shape index (κ3) is 3.81. The average molecular weight is 276 g/mol. The molecule has 2 rings (SSSR count). The molecular weight excluding hydrogens is 256 g/mol. The van der Waals surface area contributed by atoms with E-state index in [9.17, 15) is 14.7 Å². The SMILES string of the molecule is CC(=O)N1CC(=O)N(CCc2ccccc2)CC(O)C1. The van der Waals surface area contributed by atoms with Crippen LogP contribution in [0.25, 0.3) is 0 Å².